The van der Waals surface area contributed by atoms with E-state index in [1.165, 1.54) is 12.4 Å². The van der Waals surface area contributed by atoms with Crippen molar-refractivity contribution in [3.8, 4) is 5.75 Å². The molecular weight excluding hydrogens is 415 g/mol. The lowest BCUT2D eigenvalue weighted by Gasteiger charge is -2.39. The highest BCUT2D eigenvalue weighted by atomic mass is 35.5. The molecule has 0 radical (unpaired) electrons. The van der Waals surface area contributed by atoms with Crippen LogP contribution < -0.4 is 10.1 Å². The number of nitrogens with one attached hydrogen (secondary N) is 1. The maximum Gasteiger partial charge on any atom is 0.226 e. The zero-order valence-corrected chi connectivity index (χ0v) is 16.9. The minimum atomic E-state index is -0.642. The molecule has 6 rings (SSSR count). The van der Waals surface area contributed by atoms with Crippen LogP contribution in [-0.2, 0) is 0 Å². The van der Waals surface area contributed by atoms with Gasteiger partial charge >= 0.3 is 0 Å². The number of hydrogen-bond acceptors (Lipinski definition) is 4. The molecule has 1 aromatic heterocycles. The summed E-state index contributed by atoms with van der Waals surface area (Å²) in [6, 6.07) is 21.7. The Hall–Kier alpha value is -3.64. The van der Waals surface area contributed by atoms with Gasteiger partial charge in [-0.15, -0.1) is 0 Å². The van der Waals surface area contributed by atoms with Crippen LogP contribution in [0.15, 0.2) is 84.7 Å². The third kappa shape index (κ3) is 2.83. The van der Waals surface area contributed by atoms with E-state index in [0.29, 0.717) is 22.3 Å². The van der Waals surface area contributed by atoms with E-state index in [1.807, 2.05) is 54.6 Å². The summed E-state index contributed by atoms with van der Waals surface area (Å²) in [5.74, 6) is 0.977. The summed E-state index contributed by atoms with van der Waals surface area (Å²) in [7, 11) is 0. The molecule has 0 saturated carbocycles. The lowest BCUT2D eigenvalue weighted by atomic mass is 9.84. The van der Waals surface area contributed by atoms with E-state index in [2.05, 4.69) is 15.4 Å². The maximum absolute atomic E-state index is 15.0. The zero-order valence-electron chi connectivity index (χ0n) is 16.2. The van der Waals surface area contributed by atoms with E-state index in [9.17, 15) is 4.39 Å². The largest absolute Gasteiger partial charge is 0.480 e. The molecule has 0 fully saturated rings. The van der Waals surface area contributed by atoms with Crippen LogP contribution >= 0.6 is 11.6 Å². The van der Waals surface area contributed by atoms with Crippen LogP contribution in [-0.4, -0.2) is 14.8 Å². The van der Waals surface area contributed by atoms with Crippen LogP contribution in [0.2, 0.25) is 5.02 Å². The quantitative estimate of drug-likeness (QED) is 0.447. The van der Waals surface area contributed by atoms with E-state index in [4.69, 9.17) is 16.3 Å². The van der Waals surface area contributed by atoms with Gasteiger partial charge in [-0.3, -0.25) is 0 Å². The molecule has 0 bridgehead atoms. The molecule has 2 aliphatic rings. The van der Waals surface area contributed by atoms with Gasteiger partial charge in [0.05, 0.1) is 5.70 Å². The summed E-state index contributed by atoms with van der Waals surface area (Å²) in [5.41, 5.74) is 4.04. The minimum absolute atomic E-state index is 0.321. The fourth-order valence-electron chi connectivity index (χ4n) is 4.33. The Bertz CT molecular complexity index is 1330. The number of aromatic nitrogens is 3. The predicted octanol–water partition coefficient (Wildman–Crippen LogP) is 5.63. The number of rotatable bonds is 2. The smallest absolute Gasteiger partial charge is 0.226 e. The molecule has 152 valence electrons. The van der Waals surface area contributed by atoms with Crippen LogP contribution in [0, 0.1) is 5.82 Å². The van der Waals surface area contributed by atoms with Gasteiger partial charge in [-0.2, -0.15) is 10.1 Å². The number of benzene rings is 3. The molecule has 5 nitrogen and oxygen atoms in total. The van der Waals surface area contributed by atoms with Crippen LogP contribution in [0.25, 0.3) is 5.70 Å². The molecule has 4 aromatic rings. The van der Waals surface area contributed by atoms with Crippen molar-refractivity contribution in [2.24, 2.45) is 0 Å². The number of nitrogens with zero attached hydrogens (tertiary/aromatic N) is 3. The normalized spacial score (nSPS) is 19.0. The number of ether oxygens (including phenoxy) is 1. The molecule has 0 aliphatic carbocycles. The number of para-hydroxylation sites is 1. The van der Waals surface area contributed by atoms with Crippen molar-refractivity contribution in [2.75, 3.05) is 5.32 Å². The fourth-order valence-corrected chi connectivity index (χ4v) is 4.46. The van der Waals surface area contributed by atoms with E-state index in [-0.39, 0.29) is 11.9 Å². The molecule has 2 aliphatic heterocycles. The highest BCUT2D eigenvalue weighted by Crippen LogP contribution is 2.50. The maximum atomic E-state index is 15.0. The molecule has 2 atom stereocenters. The summed E-state index contributed by atoms with van der Waals surface area (Å²) in [6.07, 6.45) is 0.866. The average Bonchev–Trinajstić information content (AvgIpc) is 3.27. The second-order valence-corrected chi connectivity index (χ2v) is 7.89. The summed E-state index contributed by atoms with van der Waals surface area (Å²) < 4.78 is 23.2. The van der Waals surface area contributed by atoms with Crippen molar-refractivity contribution in [2.45, 2.75) is 12.1 Å². The molecule has 31 heavy (non-hydrogen) atoms. The number of anilines is 1. The first-order valence-electron chi connectivity index (χ1n) is 9.87. The van der Waals surface area contributed by atoms with Gasteiger partial charge in [0.2, 0.25) is 5.95 Å². The first kappa shape index (κ1) is 18.2. The van der Waals surface area contributed by atoms with Gasteiger partial charge in [0.15, 0.2) is 6.10 Å². The van der Waals surface area contributed by atoms with Gasteiger partial charge in [0.1, 0.15) is 23.9 Å². The van der Waals surface area contributed by atoms with Gasteiger partial charge in [0.25, 0.3) is 0 Å². The van der Waals surface area contributed by atoms with Crippen molar-refractivity contribution in [3.63, 3.8) is 0 Å². The van der Waals surface area contributed by atoms with E-state index < -0.39 is 6.10 Å². The lowest BCUT2D eigenvalue weighted by Crippen LogP contribution is -2.32. The van der Waals surface area contributed by atoms with Gasteiger partial charge in [-0.1, -0.05) is 54.1 Å². The summed E-state index contributed by atoms with van der Waals surface area (Å²) in [4.78, 5) is 4.39. The lowest BCUT2D eigenvalue weighted by molar-refractivity contribution is 0.218. The standard InChI is InChI=1S/C24H16ClFN4O/c25-15-11-9-14(10-12-15)22-20-21(29-24-27-13-28-30(22)24)17-6-2-4-8-19(17)31-23(20)16-5-1-3-7-18(16)26/h1-13,22-23H,(H,27,28,29)/t22-,23-/m0/s1. The molecule has 3 heterocycles. The first-order chi connectivity index (χ1) is 15.2. The molecule has 0 unspecified atom stereocenters. The molecule has 3 aromatic carbocycles. The van der Waals surface area contributed by atoms with Crippen LogP contribution in [0.4, 0.5) is 10.3 Å². The Labute approximate surface area is 182 Å². The second-order valence-electron chi connectivity index (χ2n) is 7.45. The summed E-state index contributed by atoms with van der Waals surface area (Å²) >= 11 is 6.15. The van der Waals surface area contributed by atoms with Gasteiger partial charge in [-0.25, -0.2) is 9.07 Å². The Morgan fingerprint density at radius 1 is 0.968 bits per heavy atom. The van der Waals surface area contributed by atoms with Crippen LogP contribution in [0.1, 0.15) is 28.8 Å². The van der Waals surface area contributed by atoms with Gasteiger partial charge in [0, 0.05) is 21.7 Å². The van der Waals surface area contributed by atoms with Crippen molar-refractivity contribution in [1.82, 2.24) is 14.8 Å². The number of halogens is 2. The molecule has 7 heteroatoms. The van der Waals surface area contributed by atoms with Crippen molar-refractivity contribution >= 4 is 23.2 Å². The summed E-state index contributed by atoms with van der Waals surface area (Å²) in [5, 5.41) is 8.51. The first-order valence-corrected chi connectivity index (χ1v) is 10.2. The minimum Gasteiger partial charge on any atom is -0.480 e. The van der Waals surface area contributed by atoms with Crippen molar-refractivity contribution < 1.29 is 9.13 Å². The number of fused-ring (bicyclic) bond motifs is 3. The Morgan fingerprint density at radius 2 is 1.74 bits per heavy atom. The Balaban J connectivity index is 1.65. The Kier molecular flexibility index (Phi) is 4.07. The van der Waals surface area contributed by atoms with E-state index in [0.717, 1.165) is 22.4 Å². The SMILES string of the molecule is Fc1ccccc1[C@@H]1Oc2ccccc2C2=C1[C@H](c1ccc(Cl)cc1)n1ncnc1N2. The molecule has 0 spiro atoms. The molecular formula is C24H16ClFN4O. The monoisotopic (exact) mass is 430 g/mol. The summed E-state index contributed by atoms with van der Waals surface area (Å²) in [6.45, 7) is 0. The zero-order chi connectivity index (χ0) is 20.9. The molecule has 0 amide bonds. The average molecular weight is 431 g/mol. The number of hydrogen-bond donors (Lipinski definition) is 1. The third-order valence-corrected chi connectivity index (χ3v) is 5.95. The van der Waals surface area contributed by atoms with Crippen molar-refractivity contribution in [1.29, 1.82) is 0 Å². The third-order valence-electron chi connectivity index (χ3n) is 5.69. The topological polar surface area (TPSA) is 52.0 Å². The van der Waals surface area contributed by atoms with Crippen LogP contribution in [0.5, 0.6) is 5.75 Å². The second kappa shape index (κ2) is 6.96. The van der Waals surface area contributed by atoms with Crippen molar-refractivity contribution in [3.05, 3.63) is 112 Å². The molecule has 0 saturated heterocycles. The van der Waals surface area contributed by atoms with Gasteiger partial charge in [-0.05, 0) is 35.9 Å². The van der Waals surface area contributed by atoms with E-state index in [1.54, 1.807) is 16.8 Å². The fraction of sp³-hybridized carbons (Fsp3) is 0.0833. The van der Waals surface area contributed by atoms with Crippen LogP contribution in [0.3, 0.4) is 0 Å². The highest BCUT2D eigenvalue weighted by Gasteiger charge is 2.41. The van der Waals surface area contributed by atoms with Gasteiger partial charge < -0.3 is 10.1 Å². The molecule has 1 N–H and O–H groups in total. The Morgan fingerprint density at radius 3 is 2.58 bits per heavy atom. The highest BCUT2D eigenvalue weighted by molar-refractivity contribution is 6.30. The predicted molar refractivity (Wildman–Crippen MR) is 116 cm³/mol. The van der Waals surface area contributed by atoms with E-state index >= 15 is 0 Å².